The van der Waals surface area contributed by atoms with E-state index in [1.807, 2.05) is 13.8 Å². The van der Waals surface area contributed by atoms with Crippen molar-refractivity contribution in [3.05, 3.63) is 29.8 Å². The third-order valence-corrected chi connectivity index (χ3v) is 3.91. The van der Waals surface area contributed by atoms with Crippen LogP contribution < -0.4 is 5.32 Å². The van der Waals surface area contributed by atoms with Gasteiger partial charge in [0.2, 0.25) is 0 Å². The highest BCUT2D eigenvalue weighted by Gasteiger charge is 2.24. The molecule has 0 amide bonds. The van der Waals surface area contributed by atoms with E-state index >= 15 is 0 Å². The minimum Gasteiger partial charge on any atom is -0.396 e. The molecule has 0 bridgehead atoms. The summed E-state index contributed by atoms with van der Waals surface area (Å²) in [4.78, 5) is 4.52. The number of aromatic nitrogens is 2. The molecule has 22 heavy (non-hydrogen) atoms. The average Bonchev–Trinajstić information content (AvgIpc) is 2.82. The van der Waals surface area contributed by atoms with Crippen molar-refractivity contribution in [2.45, 2.75) is 38.9 Å². The largest absolute Gasteiger partial charge is 0.396 e. The number of aryl methyl sites for hydroxylation is 1. The highest BCUT2D eigenvalue weighted by molar-refractivity contribution is 5.76. The van der Waals surface area contributed by atoms with Crippen molar-refractivity contribution in [1.29, 1.82) is 0 Å². The average molecular weight is 309 g/mol. The molecule has 0 saturated heterocycles. The van der Waals surface area contributed by atoms with Crippen molar-refractivity contribution < 1.29 is 14.2 Å². The van der Waals surface area contributed by atoms with Crippen LogP contribution in [0.2, 0.25) is 0 Å². The molecule has 2 rings (SSSR count). The number of hydrogen-bond acceptors (Lipinski definition) is 4. The molecule has 0 radical (unpaired) electrons. The van der Waals surface area contributed by atoms with Gasteiger partial charge in [0.1, 0.15) is 11.6 Å². The van der Waals surface area contributed by atoms with Crippen molar-refractivity contribution >= 4 is 11.0 Å². The third-order valence-electron chi connectivity index (χ3n) is 3.91. The Morgan fingerprint density at radius 1 is 1.45 bits per heavy atom. The summed E-state index contributed by atoms with van der Waals surface area (Å²) in [7, 11) is 1.64. The van der Waals surface area contributed by atoms with Gasteiger partial charge in [-0.1, -0.05) is 0 Å². The number of fused-ring (bicyclic) bond motifs is 1. The van der Waals surface area contributed by atoms with Gasteiger partial charge in [0.05, 0.1) is 24.2 Å². The van der Waals surface area contributed by atoms with E-state index < -0.39 is 0 Å². The van der Waals surface area contributed by atoms with Crippen LogP contribution in [0.3, 0.4) is 0 Å². The second-order valence-corrected chi connectivity index (χ2v) is 5.73. The van der Waals surface area contributed by atoms with Crippen LogP contribution in [0.25, 0.3) is 11.0 Å². The van der Waals surface area contributed by atoms with Crippen LogP contribution in [-0.4, -0.2) is 40.5 Å². The number of nitrogens with zero attached hydrogens (tertiary/aromatic N) is 2. The van der Waals surface area contributed by atoms with Crippen LogP contribution in [0.15, 0.2) is 18.2 Å². The van der Waals surface area contributed by atoms with Crippen LogP contribution in [0.5, 0.6) is 0 Å². The first kappa shape index (κ1) is 16.9. The Labute approximate surface area is 130 Å². The van der Waals surface area contributed by atoms with E-state index in [0.717, 1.165) is 17.9 Å². The van der Waals surface area contributed by atoms with Gasteiger partial charge >= 0.3 is 0 Å². The Bertz CT molecular complexity index is 621. The molecule has 0 fully saturated rings. The Hall–Kier alpha value is -1.50. The summed E-state index contributed by atoms with van der Waals surface area (Å²) in [6, 6.07) is 4.66. The first-order valence-corrected chi connectivity index (χ1v) is 7.52. The van der Waals surface area contributed by atoms with E-state index in [9.17, 15) is 9.50 Å². The molecule has 1 atom stereocenters. The first-order chi connectivity index (χ1) is 10.5. The lowest BCUT2D eigenvalue weighted by Crippen LogP contribution is -2.46. The predicted molar refractivity (Wildman–Crippen MR) is 84.2 cm³/mol. The summed E-state index contributed by atoms with van der Waals surface area (Å²) in [5.74, 6) is 0.570. The molecule has 0 aliphatic heterocycles. The number of hydrogen-bond donors (Lipinski definition) is 2. The molecule has 6 heteroatoms. The molecule has 1 heterocycles. The molecule has 0 aliphatic carbocycles. The molecule has 122 valence electrons. The molecule has 0 saturated carbocycles. The molecule has 0 spiro atoms. The van der Waals surface area contributed by atoms with E-state index in [1.165, 1.54) is 12.1 Å². The van der Waals surface area contributed by atoms with Gasteiger partial charge in [0.25, 0.3) is 0 Å². The van der Waals surface area contributed by atoms with Crippen LogP contribution in [0.1, 0.15) is 26.1 Å². The summed E-state index contributed by atoms with van der Waals surface area (Å²) in [5.41, 5.74) is 1.26. The third kappa shape index (κ3) is 3.63. The van der Waals surface area contributed by atoms with Gasteiger partial charge in [-0.3, -0.25) is 0 Å². The highest BCUT2D eigenvalue weighted by atomic mass is 19.1. The van der Waals surface area contributed by atoms with Crippen LogP contribution >= 0.6 is 0 Å². The maximum Gasteiger partial charge on any atom is 0.125 e. The lowest BCUT2D eigenvalue weighted by molar-refractivity contribution is 0.0963. The Kier molecular flexibility index (Phi) is 5.50. The van der Waals surface area contributed by atoms with Crippen LogP contribution in [-0.2, 0) is 17.8 Å². The second kappa shape index (κ2) is 7.17. The quantitative estimate of drug-likeness (QED) is 0.784. The number of aliphatic hydroxyl groups excluding tert-OH is 1. The number of imidazole rings is 1. The number of aliphatic hydroxyl groups is 1. The first-order valence-electron chi connectivity index (χ1n) is 7.52. The fourth-order valence-corrected chi connectivity index (χ4v) is 2.71. The van der Waals surface area contributed by atoms with Crippen LogP contribution in [0, 0.1) is 5.82 Å². The Morgan fingerprint density at radius 2 is 2.23 bits per heavy atom. The monoisotopic (exact) mass is 309 g/mol. The number of nitrogens with one attached hydrogen (secondary N) is 1. The van der Waals surface area contributed by atoms with Gasteiger partial charge in [0, 0.05) is 31.9 Å². The number of halogens is 1. The summed E-state index contributed by atoms with van der Waals surface area (Å²) >= 11 is 0. The minimum atomic E-state index is -0.328. The van der Waals surface area contributed by atoms with E-state index in [4.69, 9.17) is 4.74 Å². The van der Waals surface area contributed by atoms with Crippen molar-refractivity contribution in [2.24, 2.45) is 0 Å². The zero-order chi connectivity index (χ0) is 16.2. The fraction of sp³-hybridized carbons (Fsp3) is 0.562. The van der Waals surface area contributed by atoms with Gasteiger partial charge in [-0.05, 0) is 32.4 Å². The lowest BCUT2D eigenvalue weighted by Gasteiger charge is -2.29. The fourth-order valence-electron chi connectivity index (χ4n) is 2.71. The van der Waals surface area contributed by atoms with Crippen LogP contribution in [0.4, 0.5) is 4.39 Å². The van der Waals surface area contributed by atoms with Gasteiger partial charge in [-0.15, -0.1) is 0 Å². The topological polar surface area (TPSA) is 59.3 Å². The lowest BCUT2D eigenvalue weighted by atomic mass is 9.99. The maximum absolute atomic E-state index is 13.3. The summed E-state index contributed by atoms with van der Waals surface area (Å²) in [6.45, 7) is 5.92. The van der Waals surface area contributed by atoms with Gasteiger partial charge in [0.15, 0.2) is 0 Å². The smallest absolute Gasteiger partial charge is 0.125 e. The number of benzene rings is 1. The highest BCUT2D eigenvalue weighted by Crippen LogP contribution is 2.19. The number of methoxy groups -OCH3 is 1. The second-order valence-electron chi connectivity index (χ2n) is 5.73. The van der Waals surface area contributed by atoms with Crippen molar-refractivity contribution in [3.8, 4) is 0 Å². The summed E-state index contributed by atoms with van der Waals surface area (Å²) in [6.07, 6.45) is 0.585. The van der Waals surface area contributed by atoms with E-state index in [1.54, 1.807) is 13.2 Å². The van der Waals surface area contributed by atoms with Gasteiger partial charge in [-0.25, -0.2) is 9.37 Å². The molecule has 0 aliphatic rings. The van der Waals surface area contributed by atoms with Crippen molar-refractivity contribution in [3.63, 3.8) is 0 Å². The molecule has 2 N–H and O–H groups in total. The zero-order valence-corrected chi connectivity index (χ0v) is 13.4. The SMILES string of the molecule is CCn1c(CNC(C)(CCO)COC)nc2cc(F)ccc21. The molecule has 1 unspecified atom stereocenters. The summed E-state index contributed by atoms with van der Waals surface area (Å²) in [5, 5.41) is 12.6. The number of ether oxygens (including phenoxy) is 1. The zero-order valence-electron chi connectivity index (χ0n) is 13.4. The molecular weight excluding hydrogens is 285 g/mol. The van der Waals surface area contributed by atoms with Crippen molar-refractivity contribution in [1.82, 2.24) is 14.9 Å². The molecule has 1 aromatic carbocycles. The van der Waals surface area contributed by atoms with E-state index in [2.05, 4.69) is 14.9 Å². The van der Waals surface area contributed by atoms with E-state index in [-0.39, 0.29) is 18.0 Å². The normalized spacial score (nSPS) is 14.4. The minimum absolute atomic E-state index is 0.0856. The maximum atomic E-state index is 13.3. The molecule has 2 aromatic rings. The molecular formula is C16H24FN3O2. The van der Waals surface area contributed by atoms with Crippen molar-refractivity contribution in [2.75, 3.05) is 20.3 Å². The van der Waals surface area contributed by atoms with Gasteiger partial charge in [-0.2, -0.15) is 0 Å². The molecule has 1 aromatic heterocycles. The standard InChI is InChI=1S/C16H24FN3O2/c1-4-20-14-6-5-12(17)9-13(14)19-15(20)10-18-16(2,7-8-21)11-22-3/h5-6,9,18,21H,4,7-8,10-11H2,1-3H3. The Balaban J connectivity index is 2.23. The predicted octanol–water partition coefficient (Wildman–Crippen LogP) is 2.07. The number of rotatable bonds is 8. The van der Waals surface area contributed by atoms with Gasteiger partial charge < -0.3 is 19.7 Å². The summed E-state index contributed by atoms with van der Waals surface area (Å²) < 4.78 is 20.6. The Morgan fingerprint density at radius 3 is 2.86 bits per heavy atom. The molecule has 5 nitrogen and oxygen atoms in total. The van der Waals surface area contributed by atoms with E-state index in [0.29, 0.717) is 25.1 Å².